The Kier molecular flexibility index (Phi) is 6.68. The summed E-state index contributed by atoms with van der Waals surface area (Å²) in [4.78, 5) is 24.9. The molecular weight excluding hydrogens is 467 g/mol. The predicted octanol–water partition coefficient (Wildman–Crippen LogP) is 5.97. The summed E-state index contributed by atoms with van der Waals surface area (Å²) in [5.41, 5.74) is -2.71. The second kappa shape index (κ2) is 9.83. The van der Waals surface area contributed by atoms with E-state index in [-0.39, 0.29) is 16.7 Å². The molecule has 4 rings (SSSR count). The molecule has 0 fully saturated rings. The minimum atomic E-state index is -4.36. The molecular formula is C22H18F3N7OS. The first-order valence-electron chi connectivity index (χ1n) is 9.88. The highest BCUT2D eigenvalue weighted by molar-refractivity contribution is 8.00. The van der Waals surface area contributed by atoms with Crippen LogP contribution < -0.4 is 16.0 Å². The van der Waals surface area contributed by atoms with Crippen LogP contribution in [0.25, 0.3) is 5.82 Å². The molecule has 0 aliphatic carbocycles. The van der Waals surface area contributed by atoms with Gasteiger partial charge in [-0.3, -0.25) is 4.57 Å². The molecule has 0 bridgehead atoms. The molecule has 0 aliphatic rings. The Morgan fingerprint density at radius 3 is 2.12 bits per heavy atom. The number of nitrogens with one attached hydrogen (secondary N) is 3. The third kappa shape index (κ3) is 6.25. The number of carbonyl (C=O) groups is 1. The van der Waals surface area contributed by atoms with Gasteiger partial charge < -0.3 is 16.0 Å². The molecule has 12 heteroatoms. The van der Waals surface area contributed by atoms with Crippen LogP contribution in [0.4, 0.5) is 40.8 Å². The molecule has 2 aromatic heterocycles. The maximum Gasteiger partial charge on any atom is 0.446 e. The summed E-state index contributed by atoms with van der Waals surface area (Å²) in [6.45, 7) is 1.87. The molecule has 8 nitrogen and oxygen atoms in total. The highest BCUT2D eigenvalue weighted by Gasteiger charge is 2.29. The highest BCUT2D eigenvalue weighted by atomic mass is 32.2. The number of halogens is 3. The lowest BCUT2D eigenvalue weighted by atomic mass is 10.2. The van der Waals surface area contributed by atoms with Gasteiger partial charge in [0.15, 0.2) is 0 Å². The summed E-state index contributed by atoms with van der Waals surface area (Å²) in [7, 11) is 0. The largest absolute Gasteiger partial charge is 0.446 e. The molecule has 0 unspecified atom stereocenters. The standard InChI is InChI=1S/C22H18F3N7OS/c1-14-26-10-11-32(14)20-12-19(27-13-28-20)29-15-2-4-16(5-3-15)30-21(33)31-17-6-8-18(9-7-17)34-22(23,24)25/h2-13H,1H3,(H,27,28,29)(H2,30,31,33). The molecule has 2 aromatic carbocycles. The van der Waals surface area contributed by atoms with Crippen molar-refractivity contribution in [1.29, 1.82) is 0 Å². The molecule has 4 aromatic rings. The zero-order valence-corrected chi connectivity index (χ0v) is 18.5. The Morgan fingerprint density at radius 2 is 1.53 bits per heavy atom. The number of aryl methyl sites for hydroxylation is 1. The second-order valence-electron chi connectivity index (χ2n) is 6.96. The zero-order valence-electron chi connectivity index (χ0n) is 17.7. The number of aromatic nitrogens is 4. The Hall–Kier alpha value is -4.06. The van der Waals surface area contributed by atoms with E-state index in [2.05, 4.69) is 30.9 Å². The van der Waals surface area contributed by atoms with E-state index in [4.69, 9.17) is 0 Å². The molecule has 0 atom stereocenters. The summed E-state index contributed by atoms with van der Waals surface area (Å²) in [5.74, 6) is 2.06. The first kappa shape index (κ1) is 23.1. The van der Waals surface area contributed by atoms with Gasteiger partial charge in [-0.05, 0) is 67.2 Å². The lowest BCUT2D eigenvalue weighted by molar-refractivity contribution is -0.0328. The number of hydrogen-bond acceptors (Lipinski definition) is 6. The van der Waals surface area contributed by atoms with Crippen molar-refractivity contribution >= 4 is 40.7 Å². The van der Waals surface area contributed by atoms with Crippen molar-refractivity contribution in [2.75, 3.05) is 16.0 Å². The maximum absolute atomic E-state index is 12.4. The number of imidazole rings is 1. The number of carbonyl (C=O) groups excluding carboxylic acids is 1. The quantitative estimate of drug-likeness (QED) is 0.291. The number of thioether (sulfide) groups is 1. The number of hydrogen-bond donors (Lipinski definition) is 3. The fourth-order valence-electron chi connectivity index (χ4n) is 2.99. The molecule has 0 spiro atoms. The van der Waals surface area contributed by atoms with Gasteiger partial charge in [-0.1, -0.05) is 0 Å². The fraction of sp³-hybridized carbons (Fsp3) is 0.0909. The van der Waals surface area contributed by atoms with Crippen molar-refractivity contribution in [2.24, 2.45) is 0 Å². The number of rotatable bonds is 6. The van der Waals surface area contributed by atoms with Crippen molar-refractivity contribution in [3.63, 3.8) is 0 Å². The predicted molar refractivity (Wildman–Crippen MR) is 125 cm³/mol. The summed E-state index contributed by atoms with van der Waals surface area (Å²) in [6.07, 6.45) is 4.95. The highest BCUT2D eigenvalue weighted by Crippen LogP contribution is 2.37. The Morgan fingerprint density at radius 1 is 0.912 bits per heavy atom. The van der Waals surface area contributed by atoms with E-state index in [0.29, 0.717) is 23.0 Å². The maximum atomic E-state index is 12.4. The first-order valence-corrected chi connectivity index (χ1v) is 10.7. The number of alkyl halides is 3. The van der Waals surface area contributed by atoms with Crippen LogP contribution in [0.1, 0.15) is 5.82 Å². The van der Waals surface area contributed by atoms with Gasteiger partial charge in [-0.25, -0.2) is 19.7 Å². The zero-order chi connectivity index (χ0) is 24.1. The minimum Gasteiger partial charge on any atom is -0.340 e. The molecule has 0 saturated heterocycles. The van der Waals surface area contributed by atoms with Crippen molar-refractivity contribution in [2.45, 2.75) is 17.3 Å². The summed E-state index contributed by atoms with van der Waals surface area (Å²) in [5, 5.41) is 8.42. The molecule has 174 valence electrons. The van der Waals surface area contributed by atoms with E-state index in [1.807, 2.05) is 17.7 Å². The molecule has 2 heterocycles. The monoisotopic (exact) mass is 485 g/mol. The van der Waals surface area contributed by atoms with Gasteiger partial charge in [0, 0.05) is 40.4 Å². The van der Waals surface area contributed by atoms with Gasteiger partial charge >= 0.3 is 11.5 Å². The number of anilines is 4. The normalized spacial score (nSPS) is 11.2. The molecule has 3 N–H and O–H groups in total. The van der Waals surface area contributed by atoms with Gasteiger partial charge in [-0.2, -0.15) is 13.2 Å². The lowest BCUT2D eigenvalue weighted by Crippen LogP contribution is -2.19. The van der Waals surface area contributed by atoms with Crippen molar-refractivity contribution in [1.82, 2.24) is 19.5 Å². The number of benzene rings is 2. The molecule has 0 radical (unpaired) electrons. The second-order valence-corrected chi connectivity index (χ2v) is 8.10. The minimum absolute atomic E-state index is 0.0394. The van der Waals surface area contributed by atoms with E-state index in [0.717, 1.165) is 11.5 Å². The fourth-order valence-corrected chi connectivity index (χ4v) is 3.52. The number of nitrogens with zero attached hydrogens (tertiary/aromatic N) is 4. The van der Waals surface area contributed by atoms with Crippen LogP contribution in [0.2, 0.25) is 0 Å². The molecule has 2 amide bonds. The summed E-state index contributed by atoms with van der Waals surface area (Å²) >= 11 is -0.213. The van der Waals surface area contributed by atoms with Crippen LogP contribution >= 0.6 is 11.8 Å². The Bertz CT molecular complexity index is 1270. The van der Waals surface area contributed by atoms with Crippen LogP contribution in [0.15, 0.2) is 78.2 Å². The Labute approximate surface area is 196 Å². The molecule has 0 saturated carbocycles. The Balaban J connectivity index is 1.33. The lowest BCUT2D eigenvalue weighted by Gasteiger charge is -2.11. The number of amides is 2. The van der Waals surface area contributed by atoms with Gasteiger partial charge in [0.05, 0.1) is 0 Å². The average molecular weight is 485 g/mol. The van der Waals surface area contributed by atoms with Crippen LogP contribution in [-0.2, 0) is 0 Å². The van der Waals surface area contributed by atoms with Crippen molar-refractivity contribution in [3.8, 4) is 5.82 Å². The van der Waals surface area contributed by atoms with Gasteiger partial charge in [0.2, 0.25) is 0 Å². The molecule has 34 heavy (non-hydrogen) atoms. The van der Waals surface area contributed by atoms with Gasteiger partial charge in [0.25, 0.3) is 0 Å². The summed E-state index contributed by atoms with van der Waals surface area (Å²) in [6, 6.07) is 13.6. The van der Waals surface area contributed by atoms with E-state index in [1.165, 1.54) is 30.6 Å². The van der Waals surface area contributed by atoms with Crippen LogP contribution in [0.5, 0.6) is 0 Å². The average Bonchev–Trinajstić information content (AvgIpc) is 3.22. The van der Waals surface area contributed by atoms with E-state index >= 15 is 0 Å². The van der Waals surface area contributed by atoms with E-state index < -0.39 is 11.5 Å². The number of urea groups is 1. The van der Waals surface area contributed by atoms with Crippen molar-refractivity contribution in [3.05, 3.63) is 79.1 Å². The SMILES string of the molecule is Cc1nccn1-c1cc(Nc2ccc(NC(=O)Nc3ccc(SC(F)(F)F)cc3)cc2)ncn1. The molecule has 0 aliphatic heterocycles. The summed E-state index contributed by atoms with van der Waals surface area (Å²) < 4.78 is 39.0. The third-order valence-corrected chi connectivity index (χ3v) is 5.23. The van der Waals surface area contributed by atoms with E-state index in [9.17, 15) is 18.0 Å². The van der Waals surface area contributed by atoms with Gasteiger partial charge in [-0.15, -0.1) is 0 Å². The first-order chi connectivity index (χ1) is 16.2. The van der Waals surface area contributed by atoms with Gasteiger partial charge in [0.1, 0.15) is 23.8 Å². The van der Waals surface area contributed by atoms with Crippen LogP contribution in [0, 0.1) is 6.92 Å². The van der Waals surface area contributed by atoms with Crippen LogP contribution in [-0.4, -0.2) is 31.1 Å². The topological polar surface area (TPSA) is 96.8 Å². The van der Waals surface area contributed by atoms with Crippen molar-refractivity contribution < 1.29 is 18.0 Å². The smallest absolute Gasteiger partial charge is 0.340 e. The van der Waals surface area contributed by atoms with E-state index in [1.54, 1.807) is 36.5 Å². The third-order valence-electron chi connectivity index (χ3n) is 4.49. The van der Waals surface area contributed by atoms with Crippen LogP contribution in [0.3, 0.4) is 0 Å².